The molecule has 0 radical (unpaired) electrons. The van der Waals surface area contributed by atoms with Crippen LogP contribution in [0, 0.1) is 0 Å². The first-order valence-corrected chi connectivity index (χ1v) is 10.8. The van der Waals surface area contributed by atoms with Crippen LogP contribution in [0.3, 0.4) is 0 Å². The van der Waals surface area contributed by atoms with Crippen LogP contribution in [0.4, 0.5) is 18.0 Å². The average Bonchev–Trinajstić information content (AvgIpc) is 2.71. The predicted octanol–water partition coefficient (Wildman–Crippen LogP) is 4.42. The van der Waals surface area contributed by atoms with E-state index >= 15 is 0 Å². The van der Waals surface area contributed by atoms with Crippen molar-refractivity contribution in [1.82, 2.24) is 10.6 Å². The Morgan fingerprint density at radius 1 is 1.28 bits per heavy atom. The molecule has 4 atom stereocenters. The Morgan fingerprint density at radius 2 is 1.97 bits per heavy atom. The Kier molecular flexibility index (Phi) is 7.36. The number of amides is 1. The van der Waals surface area contributed by atoms with Gasteiger partial charge in [-0.25, -0.2) is 4.79 Å². The molecule has 0 fully saturated rings. The van der Waals surface area contributed by atoms with Crippen molar-refractivity contribution in [2.24, 2.45) is 0 Å². The molecular weight excluding hydrogens is 493 g/mol. The highest BCUT2D eigenvalue weighted by Gasteiger charge is 2.56. The first-order valence-electron chi connectivity index (χ1n) is 9.98. The summed E-state index contributed by atoms with van der Waals surface area (Å²) in [4.78, 5) is 11.2. The summed E-state index contributed by atoms with van der Waals surface area (Å²) < 4.78 is 47.1. The quantitative estimate of drug-likeness (QED) is 0.437. The summed E-state index contributed by atoms with van der Waals surface area (Å²) in [7, 11) is 0. The second kappa shape index (κ2) is 9.68. The second-order valence-electron chi connectivity index (χ2n) is 7.99. The summed E-state index contributed by atoms with van der Waals surface area (Å²) >= 11 is 3.32. The van der Waals surface area contributed by atoms with Crippen LogP contribution in [0.5, 0.6) is 5.75 Å². The zero-order chi connectivity index (χ0) is 23.5. The van der Waals surface area contributed by atoms with Gasteiger partial charge in [0.15, 0.2) is 0 Å². The number of hydrogen-bond acceptors (Lipinski definition) is 4. The fraction of sp³-hybridized carbons (Fsp3) is 0.409. The van der Waals surface area contributed by atoms with Gasteiger partial charge in [0.1, 0.15) is 5.75 Å². The van der Waals surface area contributed by atoms with Crippen molar-refractivity contribution < 1.29 is 32.9 Å². The molecule has 174 valence electrons. The second-order valence-corrected chi connectivity index (χ2v) is 8.91. The third-order valence-electron chi connectivity index (χ3n) is 5.52. The van der Waals surface area contributed by atoms with Gasteiger partial charge in [-0.2, -0.15) is 13.2 Å². The molecule has 0 saturated heterocycles. The smallest absolute Gasteiger partial charge is 0.428 e. The number of halogens is 4. The molecule has 0 aliphatic carbocycles. The Morgan fingerprint density at radius 3 is 2.59 bits per heavy atom. The van der Waals surface area contributed by atoms with Crippen molar-refractivity contribution in [2.75, 3.05) is 6.54 Å². The standard InChI is InChI=1S/C22H24BrF3N2O4/c1-21(22(24,25)26)11-17(15-10-14(23)7-8-19(15)32-21)27-12-18(29)16(28-20(30)31)9-13-5-3-2-4-6-13/h2-8,10,16-18,27-29H,9,11-12H2,1H3,(H,30,31)/t16-,17-,18+,21?/m0/s1. The molecule has 0 saturated carbocycles. The van der Waals surface area contributed by atoms with Gasteiger partial charge in [0, 0.05) is 29.0 Å². The van der Waals surface area contributed by atoms with Crippen LogP contribution in [-0.2, 0) is 6.42 Å². The fourth-order valence-corrected chi connectivity index (χ4v) is 4.12. The number of carbonyl (C=O) groups is 1. The molecule has 2 aromatic rings. The lowest BCUT2D eigenvalue weighted by atomic mass is 9.87. The van der Waals surface area contributed by atoms with Crippen LogP contribution >= 0.6 is 15.9 Å². The Labute approximate surface area is 191 Å². The van der Waals surface area contributed by atoms with Crippen LogP contribution in [0.25, 0.3) is 0 Å². The maximum Gasteiger partial charge on any atom is 0.428 e. The van der Waals surface area contributed by atoms with Crippen molar-refractivity contribution in [3.8, 4) is 5.75 Å². The number of fused-ring (bicyclic) bond motifs is 1. The lowest BCUT2D eigenvalue weighted by Crippen LogP contribution is -2.54. The predicted molar refractivity (Wildman–Crippen MR) is 116 cm³/mol. The molecule has 1 heterocycles. The lowest BCUT2D eigenvalue weighted by molar-refractivity contribution is -0.249. The van der Waals surface area contributed by atoms with E-state index in [1.165, 1.54) is 6.07 Å². The molecule has 0 bridgehead atoms. The van der Waals surface area contributed by atoms with Crippen molar-refractivity contribution in [2.45, 2.75) is 49.7 Å². The number of aliphatic hydroxyl groups is 1. The summed E-state index contributed by atoms with van der Waals surface area (Å²) in [6, 6.07) is 12.1. The van der Waals surface area contributed by atoms with E-state index < -0.39 is 42.5 Å². The molecule has 0 spiro atoms. The number of aliphatic hydroxyl groups excluding tert-OH is 1. The molecule has 3 rings (SSSR count). The minimum atomic E-state index is -4.60. The van der Waals surface area contributed by atoms with Crippen molar-refractivity contribution >= 4 is 22.0 Å². The van der Waals surface area contributed by atoms with Crippen LogP contribution in [0.15, 0.2) is 53.0 Å². The molecule has 6 nitrogen and oxygen atoms in total. The third kappa shape index (κ3) is 5.73. The van der Waals surface area contributed by atoms with Gasteiger partial charge >= 0.3 is 12.3 Å². The Bertz CT molecular complexity index is 945. The van der Waals surface area contributed by atoms with E-state index in [1.54, 1.807) is 36.4 Å². The van der Waals surface area contributed by atoms with E-state index in [0.717, 1.165) is 12.5 Å². The minimum absolute atomic E-state index is 0.107. The van der Waals surface area contributed by atoms with Crippen molar-refractivity contribution in [3.05, 3.63) is 64.1 Å². The number of rotatable bonds is 7. The van der Waals surface area contributed by atoms with Crippen LogP contribution in [-0.4, -0.2) is 46.8 Å². The zero-order valence-electron chi connectivity index (χ0n) is 17.2. The van der Waals surface area contributed by atoms with Crippen LogP contribution in [0.2, 0.25) is 0 Å². The summed E-state index contributed by atoms with van der Waals surface area (Å²) in [6.07, 6.45) is -7.25. The van der Waals surface area contributed by atoms with Crippen LogP contribution < -0.4 is 15.4 Å². The summed E-state index contributed by atoms with van der Waals surface area (Å²) in [5.41, 5.74) is -1.06. The molecule has 4 N–H and O–H groups in total. The molecule has 1 aliphatic heterocycles. The first kappa shape index (κ1) is 24.3. The van der Waals surface area contributed by atoms with Crippen molar-refractivity contribution in [3.63, 3.8) is 0 Å². The first-order chi connectivity index (χ1) is 15.0. The molecule has 0 aromatic heterocycles. The van der Waals surface area contributed by atoms with E-state index in [2.05, 4.69) is 26.6 Å². The Balaban J connectivity index is 1.78. The number of hydrogen-bond donors (Lipinski definition) is 4. The van der Waals surface area contributed by atoms with Gasteiger partial charge in [-0.15, -0.1) is 0 Å². The number of benzene rings is 2. The molecule has 2 aromatic carbocycles. The monoisotopic (exact) mass is 516 g/mol. The molecule has 1 unspecified atom stereocenters. The summed E-state index contributed by atoms with van der Waals surface area (Å²) in [5, 5.41) is 25.1. The van der Waals surface area contributed by atoms with Gasteiger partial charge in [-0.3, -0.25) is 0 Å². The third-order valence-corrected chi connectivity index (χ3v) is 6.01. The van der Waals surface area contributed by atoms with E-state index in [0.29, 0.717) is 10.0 Å². The van der Waals surface area contributed by atoms with E-state index in [4.69, 9.17) is 9.84 Å². The molecule has 1 aliphatic rings. The maximum atomic E-state index is 13.7. The van der Waals surface area contributed by atoms with Gasteiger partial charge in [0.05, 0.1) is 12.1 Å². The normalized spacial score (nSPS) is 22.4. The largest absolute Gasteiger partial charge is 0.478 e. The van der Waals surface area contributed by atoms with Gasteiger partial charge in [-0.05, 0) is 37.1 Å². The van der Waals surface area contributed by atoms with Crippen LogP contribution in [0.1, 0.15) is 30.5 Å². The molecule has 10 heteroatoms. The highest BCUT2D eigenvalue weighted by Crippen LogP contribution is 2.47. The maximum absolute atomic E-state index is 13.7. The molecular formula is C22H24BrF3N2O4. The van der Waals surface area contributed by atoms with Gasteiger partial charge in [0.2, 0.25) is 5.60 Å². The average molecular weight is 517 g/mol. The van der Waals surface area contributed by atoms with Crippen molar-refractivity contribution in [1.29, 1.82) is 0 Å². The van der Waals surface area contributed by atoms with Gasteiger partial charge < -0.3 is 25.6 Å². The highest BCUT2D eigenvalue weighted by atomic mass is 79.9. The number of ether oxygens (including phenoxy) is 1. The van der Waals surface area contributed by atoms with E-state index in [-0.39, 0.29) is 18.7 Å². The molecule has 1 amide bonds. The number of alkyl halides is 3. The number of carboxylic acid groups (broad SMARTS) is 1. The summed E-state index contributed by atoms with van der Waals surface area (Å²) in [5.74, 6) is 0.107. The summed E-state index contributed by atoms with van der Waals surface area (Å²) in [6.45, 7) is 0.871. The Hall–Kier alpha value is -2.30. The van der Waals surface area contributed by atoms with Gasteiger partial charge in [-0.1, -0.05) is 46.3 Å². The highest BCUT2D eigenvalue weighted by molar-refractivity contribution is 9.10. The fourth-order valence-electron chi connectivity index (χ4n) is 3.74. The van der Waals surface area contributed by atoms with E-state index in [1.807, 2.05) is 6.07 Å². The number of nitrogens with one attached hydrogen (secondary N) is 2. The SMILES string of the molecule is CC1(C(F)(F)F)C[C@H](NC[C@@H](O)[C@H](Cc2ccccc2)NC(=O)O)c2cc(Br)ccc2O1. The minimum Gasteiger partial charge on any atom is -0.478 e. The molecule has 32 heavy (non-hydrogen) atoms. The lowest BCUT2D eigenvalue weighted by Gasteiger charge is -2.41. The topological polar surface area (TPSA) is 90.8 Å². The van der Waals surface area contributed by atoms with Gasteiger partial charge in [0.25, 0.3) is 0 Å². The van der Waals surface area contributed by atoms with E-state index in [9.17, 15) is 23.1 Å². The zero-order valence-corrected chi connectivity index (χ0v) is 18.8.